The van der Waals surface area contributed by atoms with Crippen LogP contribution in [0.3, 0.4) is 0 Å². The van der Waals surface area contributed by atoms with Crippen LogP contribution in [0.1, 0.15) is 17.4 Å². The van der Waals surface area contributed by atoms with Crippen molar-refractivity contribution in [3.63, 3.8) is 0 Å². The molecule has 0 aliphatic rings. The molecule has 0 aliphatic carbocycles. The fraction of sp³-hybridized carbons (Fsp3) is 0.222. The Balaban J connectivity index is 2.47. The first-order chi connectivity index (χ1) is 6.74. The van der Waals surface area contributed by atoms with Gasteiger partial charge in [0.25, 0.3) is 0 Å². The maximum Gasteiger partial charge on any atom is 0.355 e. The molecule has 0 atom stereocenters. The van der Waals surface area contributed by atoms with E-state index in [4.69, 9.17) is 4.74 Å². The number of aromatic nitrogens is 1. The van der Waals surface area contributed by atoms with E-state index in [1.807, 2.05) is 11.4 Å². The number of hydrogen-bond acceptors (Lipinski definition) is 3. The van der Waals surface area contributed by atoms with Crippen molar-refractivity contribution < 1.29 is 9.53 Å². The van der Waals surface area contributed by atoms with Gasteiger partial charge in [0.1, 0.15) is 10.5 Å². The third-order valence-corrected chi connectivity index (χ3v) is 3.49. The first-order valence-corrected chi connectivity index (χ1v) is 5.83. The van der Waals surface area contributed by atoms with Crippen molar-refractivity contribution in [1.82, 2.24) is 4.98 Å². The monoisotopic (exact) mass is 273 g/mol. The molecule has 0 aromatic carbocycles. The number of halogens is 1. The van der Waals surface area contributed by atoms with E-state index in [1.165, 1.54) is 0 Å². The zero-order chi connectivity index (χ0) is 10.1. The molecule has 74 valence electrons. The molecule has 0 aliphatic heterocycles. The largest absolute Gasteiger partial charge is 0.461 e. The molecule has 0 radical (unpaired) electrons. The van der Waals surface area contributed by atoms with Gasteiger partial charge in [0.15, 0.2) is 0 Å². The Hall–Kier alpha value is -0.810. The molecular formula is C9H8BrNO2S. The molecule has 0 bridgehead atoms. The SMILES string of the molecule is CCOC(=O)c1[nH]c2sccc2c1Br. The van der Waals surface area contributed by atoms with E-state index in [9.17, 15) is 4.79 Å². The summed E-state index contributed by atoms with van der Waals surface area (Å²) in [6.45, 7) is 2.18. The minimum absolute atomic E-state index is 0.317. The maximum absolute atomic E-state index is 11.5. The summed E-state index contributed by atoms with van der Waals surface area (Å²) in [5.74, 6) is -0.317. The Morgan fingerprint density at radius 2 is 2.50 bits per heavy atom. The van der Waals surface area contributed by atoms with Gasteiger partial charge in [-0.2, -0.15) is 0 Å². The van der Waals surface area contributed by atoms with Gasteiger partial charge in [0.2, 0.25) is 0 Å². The highest BCUT2D eigenvalue weighted by molar-refractivity contribution is 9.10. The zero-order valence-electron chi connectivity index (χ0n) is 7.46. The van der Waals surface area contributed by atoms with E-state index in [-0.39, 0.29) is 5.97 Å². The number of rotatable bonds is 2. The highest BCUT2D eigenvalue weighted by Gasteiger charge is 2.17. The summed E-state index contributed by atoms with van der Waals surface area (Å²) in [7, 11) is 0. The molecule has 2 aromatic rings. The van der Waals surface area contributed by atoms with Gasteiger partial charge in [-0.1, -0.05) is 0 Å². The number of carbonyl (C=O) groups is 1. The number of nitrogens with one attached hydrogen (secondary N) is 1. The highest BCUT2D eigenvalue weighted by Crippen LogP contribution is 2.31. The Morgan fingerprint density at radius 1 is 1.71 bits per heavy atom. The quantitative estimate of drug-likeness (QED) is 0.855. The maximum atomic E-state index is 11.5. The lowest BCUT2D eigenvalue weighted by Gasteiger charge is -1.98. The van der Waals surface area contributed by atoms with Crippen molar-refractivity contribution >= 4 is 43.5 Å². The molecule has 2 heterocycles. The normalized spacial score (nSPS) is 10.7. The topological polar surface area (TPSA) is 42.1 Å². The van der Waals surface area contributed by atoms with E-state index in [2.05, 4.69) is 20.9 Å². The molecule has 5 heteroatoms. The number of aromatic amines is 1. The summed E-state index contributed by atoms with van der Waals surface area (Å²) in [5.41, 5.74) is 0.494. The van der Waals surface area contributed by atoms with Crippen LogP contribution in [0.15, 0.2) is 15.9 Å². The summed E-state index contributed by atoms with van der Waals surface area (Å²) in [6.07, 6.45) is 0. The average molecular weight is 274 g/mol. The van der Waals surface area contributed by atoms with Crippen LogP contribution in [0, 0.1) is 0 Å². The molecule has 0 spiro atoms. The molecule has 2 rings (SSSR count). The van der Waals surface area contributed by atoms with E-state index in [0.29, 0.717) is 12.3 Å². The number of ether oxygens (including phenoxy) is 1. The fourth-order valence-electron chi connectivity index (χ4n) is 1.23. The molecule has 2 aromatic heterocycles. The lowest BCUT2D eigenvalue weighted by molar-refractivity contribution is 0.0519. The number of esters is 1. The van der Waals surface area contributed by atoms with Crippen LogP contribution in [-0.2, 0) is 4.74 Å². The summed E-state index contributed by atoms with van der Waals surface area (Å²) in [4.78, 5) is 15.5. The standard InChI is InChI=1S/C9H8BrNO2S/c1-2-13-9(12)7-6(10)5-3-4-14-8(5)11-7/h3-4,11H,2H2,1H3. The second-order valence-electron chi connectivity index (χ2n) is 2.70. The first kappa shape index (κ1) is 9.73. The molecule has 14 heavy (non-hydrogen) atoms. The molecule has 0 saturated heterocycles. The van der Waals surface area contributed by atoms with E-state index in [1.54, 1.807) is 18.3 Å². The van der Waals surface area contributed by atoms with Crippen molar-refractivity contribution in [3.05, 3.63) is 21.6 Å². The summed E-state index contributed by atoms with van der Waals surface area (Å²) in [6, 6.07) is 1.96. The molecular weight excluding hydrogens is 266 g/mol. The van der Waals surface area contributed by atoms with Gasteiger partial charge in [-0.15, -0.1) is 11.3 Å². The summed E-state index contributed by atoms with van der Waals surface area (Å²) < 4.78 is 5.70. The number of thiophene rings is 1. The van der Waals surface area contributed by atoms with E-state index < -0.39 is 0 Å². The smallest absolute Gasteiger partial charge is 0.355 e. The van der Waals surface area contributed by atoms with Crippen molar-refractivity contribution in [2.24, 2.45) is 0 Å². The molecule has 0 unspecified atom stereocenters. The Bertz CT molecular complexity index is 474. The predicted octanol–water partition coefficient (Wildman–Crippen LogP) is 3.17. The molecule has 3 nitrogen and oxygen atoms in total. The number of H-pyrrole nitrogens is 1. The minimum Gasteiger partial charge on any atom is -0.461 e. The van der Waals surface area contributed by atoms with Crippen LogP contribution in [0.5, 0.6) is 0 Å². The zero-order valence-corrected chi connectivity index (χ0v) is 9.87. The van der Waals surface area contributed by atoms with Crippen LogP contribution < -0.4 is 0 Å². The van der Waals surface area contributed by atoms with Crippen molar-refractivity contribution in [1.29, 1.82) is 0 Å². The molecule has 0 amide bonds. The summed E-state index contributed by atoms with van der Waals surface area (Å²) in [5, 5.41) is 3.00. The van der Waals surface area contributed by atoms with Crippen LogP contribution in [0.25, 0.3) is 10.2 Å². The third kappa shape index (κ3) is 1.46. The number of fused-ring (bicyclic) bond motifs is 1. The fourth-order valence-corrected chi connectivity index (χ4v) is 2.75. The van der Waals surface area contributed by atoms with Crippen molar-refractivity contribution in [3.8, 4) is 0 Å². The third-order valence-electron chi connectivity index (χ3n) is 1.84. The van der Waals surface area contributed by atoms with Gasteiger partial charge >= 0.3 is 5.97 Å². The van der Waals surface area contributed by atoms with Crippen LogP contribution >= 0.6 is 27.3 Å². The first-order valence-electron chi connectivity index (χ1n) is 4.15. The summed E-state index contributed by atoms with van der Waals surface area (Å²) >= 11 is 4.94. The van der Waals surface area contributed by atoms with Gasteiger partial charge in [0.05, 0.1) is 11.1 Å². The van der Waals surface area contributed by atoms with Crippen molar-refractivity contribution in [2.45, 2.75) is 6.92 Å². The Kier molecular flexibility index (Phi) is 2.60. The van der Waals surface area contributed by atoms with Gasteiger partial charge in [-0.05, 0) is 34.3 Å². The van der Waals surface area contributed by atoms with Gasteiger partial charge in [0, 0.05) is 5.39 Å². The molecule has 1 N–H and O–H groups in total. The van der Waals surface area contributed by atoms with E-state index >= 15 is 0 Å². The lowest BCUT2D eigenvalue weighted by atomic mass is 10.3. The second-order valence-corrected chi connectivity index (χ2v) is 4.41. The number of carbonyl (C=O) groups excluding carboxylic acids is 1. The van der Waals surface area contributed by atoms with Crippen LogP contribution in [0.2, 0.25) is 0 Å². The minimum atomic E-state index is -0.317. The van der Waals surface area contributed by atoms with Gasteiger partial charge in [-0.3, -0.25) is 0 Å². The van der Waals surface area contributed by atoms with E-state index in [0.717, 1.165) is 14.7 Å². The Labute approximate surface area is 93.2 Å². The Morgan fingerprint density at radius 3 is 3.14 bits per heavy atom. The predicted molar refractivity (Wildman–Crippen MR) is 59.8 cm³/mol. The average Bonchev–Trinajstić information content (AvgIpc) is 2.69. The van der Waals surface area contributed by atoms with Gasteiger partial charge < -0.3 is 9.72 Å². The lowest BCUT2D eigenvalue weighted by Crippen LogP contribution is -2.05. The second kappa shape index (κ2) is 3.74. The number of hydrogen-bond donors (Lipinski definition) is 1. The van der Waals surface area contributed by atoms with Crippen LogP contribution in [-0.4, -0.2) is 17.6 Å². The highest BCUT2D eigenvalue weighted by atomic mass is 79.9. The van der Waals surface area contributed by atoms with Crippen molar-refractivity contribution in [2.75, 3.05) is 6.61 Å². The van der Waals surface area contributed by atoms with Gasteiger partial charge in [-0.25, -0.2) is 4.79 Å². The molecule has 0 saturated carbocycles. The van der Waals surface area contributed by atoms with Crippen LogP contribution in [0.4, 0.5) is 0 Å². The molecule has 0 fully saturated rings.